The van der Waals surface area contributed by atoms with E-state index in [4.69, 9.17) is 23.2 Å². The van der Waals surface area contributed by atoms with Crippen LogP contribution in [0.4, 0.5) is 0 Å². The highest BCUT2D eigenvalue weighted by molar-refractivity contribution is 6.35. The first-order valence-electron chi connectivity index (χ1n) is 5.60. The predicted octanol–water partition coefficient (Wildman–Crippen LogP) is 3.31. The van der Waals surface area contributed by atoms with Gasteiger partial charge in [-0.3, -0.25) is 4.68 Å². The molecule has 0 fully saturated rings. The molecule has 0 bridgehead atoms. The minimum Gasteiger partial charge on any atom is -0.388 e. The van der Waals surface area contributed by atoms with Crippen LogP contribution in [0.25, 0.3) is 0 Å². The van der Waals surface area contributed by atoms with Gasteiger partial charge in [-0.15, -0.1) is 0 Å². The van der Waals surface area contributed by atoms with Crippen molar-refractivity contribution in [2.75, 3.05) is 0 Å². The van der Waals surface area contributed by atoms with Gasteiger partial charge in [0.1, 0.15) is 0 Å². The average molecular weight is 285 g/mol. The lowest BCUT2D eigenvalue weighted by Gasteiger charge is -2.13. The van der Waals surface area contributed by atoms with Gasteiger partial charge in [-0.05, 0) is 30.7 Å². The van der Waals surface area contributed by atoms with Crippen LogP contribution in [0.2, 0.25) is 10.0 Å². The standard InChI is InChI=1S/C13H14Cl2N2O/c1-8-5-10(17(2)16-8)7-13(18)11-4-3-9(14)6-12(11)15/h3-6,13,18H,7H2,1-2H3. The highest BCUT2D eigenvalue weighted by Crippen LogP contribution is 2.28. The van der Waals surface area contributed by atoms with E-state index in [2.05, 4.69) is 5.10 Å². The highest BCUT2D eigenvalue weighted by atomic mass is 35.5. The third-order valence-electron chi connectivity index (χ3n) is 2.82. The molecule has 0 saturated heterocycles. The summed E-state index contributed by atoms with van der Waals surface area (Å²) in [6, 6.07) is 7.06. The van der Waals surface area contributed by atoms with E-state index in [1.54, 1.807) is 22.9 Å². The van der Waals surface area contributed by atoms with Gasteiger partial charge in [0.2, 0.25) is 0 Å². The van der Waals surface area contributed by atoms with Gasteiger partial charge in [-0.2, -0.15) is 5.10 Å². The van der Waals surface area contributed by atoms with Crippen molar-refractivity contribution >= 4 is 23.2 Å². The van der Waals surface area contributed by atoms with E-state index in [0.29, 0.717) is 22.0 Å². The molecule has 0 saturated carbocycles. The van der Waals surface area contributed by atoms with Crippen LogP contribution in [0.1, 0.15) is 23.1 Å². The number of aliphatic hydroxyl groups excluding tert-OH is 1. The van der Waals surface area contributed by atoms with E-state index in [0.717, 1.165) is 11.4 Å². The fourth-order valence-electron chi connectivity index (χ4n) is 1.94. The summed E-state index contributed by atoms with van der Waals surface area (Å²) in [5.41, 5.74) is 2.58. The van der Waals surface area contributed by atoms with Crippen LogP contribution in [-0.2, 0) is 13.5 Å². The third kappa shape index (κ3) is 2.86. The fourth-order valence-corrected chi connectivity index (χ4v) is 2.47. The van der Waals surface area contributed by atoms with Crippen LogP contribution in [0, 0.1) is 6.92 Å². The molecule has 0 radical (unpaired) electrons. The Morgan fingerprint density at radius 2 is 2.06 bits per heavy atom. The molecule has 0 aliphatic carbocycles. The maximum Gasteiger partial charge on any atom is 0.0859 e. The molecular formula is C13H14Cl2N2O. The van der Waals surface area contributed by atoms with Crippen molar-refractivity contribution in [1.29, 1.82) is 0 Å². The molecule has 0 aliphatic rings. The number of hydrogen-bond acceptors (Lipinski definition) is 2. The van der Waals surface area contributed by atoms with Crippen molar-refractivity contribution < 1.29 is 5.11 Å². The highest BCUT2D eigenvalue weighted by Gasteiger charge is 2.15. The fraction of sp³-hybridized carbons (Fsp3) is 0.308. The molecule has 2 aromatic rings. The van der Waals surface area contributed by atoms with Gasteiger partial charge in [0, 0.05) is 29.2 Å². The molecule has 1 heterocycles. The molecule has 0 amide bonds. The first kappa shape index (κ1) is 13.4. The number of halogens is 2. The van der Waals surface area contributed by atoms with Crippen molar-refractivity contribution in [3.8, 4) is 0 Å². The number of benzene rings is 1. The van der Waals surface area contributed by atoms with Crippen LogP contribution >= 0.6 is 23.2 Å². The zero-order chi connectivity index (χ0) is 13.3. The van der Waals surface area contributed by atoms with Crippen LogP contribution in [-0.4, -0.2) is 14.9 Å². The predicted molar refractivity (Wildman–Crippen MR) is 73.1 cm³/mol. The average Bonchev–Trinajstić information content (AvgIpc) is 2.57. The van der Waals surface area contributed by atoms with E-state index in [9.17, 15) is 5.11 Å². The second-order valence-corrected chi connectivity index (χ2v) is 5.13. The van der Waals surface area contributed by atoms with Crippen molar-refractivity contribution in [2.45, 2.75) is 19.4 Å². The smallest absolute Gasteiger partial charge is 0.0859 e. The summed E-state index contributed by atoms with van der Waals surface area (Å²) in [6.07, 6.45) is -0.192. The van der Waals surface area contributed by atoms with Gasteiger partial charge in [0.05, 0.1) is 11.8 Å². The lowest BCUT2D eigenvalue weighted by molar-refractivity contribution is 0.176. The lowest BCUT2D eigenvalue weighted by atomic mass is 10.0. The van der Waals surface area contributed by atoms with Gasteiger partial charge in [0.15, 0.2) is 0 Å². The summed E-state index contributed by atoms with van der Waals surface area (Å²) in [5.74, 6) is 0. The largest absolute Gasteiger partial charge is 0.388 e. The summed E-state index contributed by atoms with van der Waals surface area (Å²) in [7, 11) is 1.86. The van der Waals surface area contributed by atoms with E-state index < -0.39 is 6.10 Å². The molecule has 1 aromatic heterocycles. The Morgan fingerprint density at radius 3 is 2.61 bits per heavy atom. The maximum absolute atomic E-state index is 10.2. The Morgan fingerprint density at radius 1 is 1.33 bits per heavy atom. The lowest BCUT2D eigenvalue weighted by Crippen LogP contribution is -2.06. The summed E-state index contributed by atoms with van der Waals surface area (Å²) in [5, 5.41) is 15.5. The monoisotopic (exact) mass is 284 g/mol. The van der Waals surface area contributed by atoms with E-state index in [1.165, 1.54) is 0 Å². The number of nitrogens with zero attached hydrogens (tertiary/aromatic N) is 2. The van der Waals surface area contributed by atoms with Gasteiger partial charge in [-0.25, -0.2) is 0 Å². The van der Waals surface area contributed by atoms with Gasteiger partial charge >= 0.3 is 0 Å². The number of hydrogen-bond donors (Lipinski definition) is 1. The molecule has 18 heavy (non-hydrogen) atoms. The van der Waals surface area contributed by atoms with Crippen LogP contribution in [0.15, 0.2) is 24.3 Å². The zero-order valence-electron chi connectivity index (χ0n) is 10.2. The number of aromatic nitrogens is 2. The third-order valence-corrected chi connectivity index (χ3v) is 3.39. The normalized spacial score (nSPS) is 12.7. The maximum atomic E-state index is 10.2. The van der Waals surface area contributed by atoms with Crippen molar-refractivity contribution in [3.63, 3.8) is 0 Å². The van der Waals surface area contributed by atoms with Crippen molar-refractivity contribution in [2.24, 2.45) is 7.05 Å². The number of rotatable bonds is 3. The van der Waals surface area contributed by atoms with Gasteiger partial charge in [-0.1, -0.05) is 29.3 Å². The molecule has 2 rings (SSSR count). The van der Waals surface area contributed by atoms with E-state index in [-0.39, 0.29) is 0 Å². The summed E-state index contributed by atoms with van der Waals surface area (Å²) in [4.78, 5) is 0. The number of aryl methyl sites for hydroxylation is 2. The van der Waals surface area contributed by atoms with Gasteiger partial charge < -0.3 is 5.11 Å². The van der Waals surface area contributed by atoms with Gasteiger partial charge in [0.25, 0.3) is 0 Å². The van der Waals surface area contributed by atoms with E-state index >= 15 is 0 Å². The van der Waals surface area contributed by atoms with E-state index in [1.807, 2.05) is 20.0 Å². The molecule has 3 nitrogen and oxygen atoms in total. The Kier molecular flexibility index (Phi) is 3.95. The van der Waals surface area contributed by atoms with Crippen LogP contribution in [0.3, 0.4) is 0 Å². The Balaban J connectivity index is 2.21. The molecule has 1 N–H and O–H groups in total. The first-order valence-corrected chi connectivity index (χ1v) is 6.35. The molecule has 1 atom stereocenters. The topological polar surface area (TPSA) is 38.0 Å². The second-order valence-electron chi connectivity index (χ2n) is 4.29. The Bertz CT molecular complexity index is 566. The molecule has 0 spiro atoms. The molecule has 96 valence electrons. The van der Waals surface area contributed by atoms with Crippen LogP contribution < -0.4 is 0 Å². The zero-order valence-corrected chi connectivity index (χ0v) is 11.7. The second kappa shape index (κ2) is 5.31. The van der Waals surface area contributed by atoms with Crippen molar-refractivity contribution in [1.82, 2.24) is 9.78 Å². The first-order chi connectivity index (χ1) is 8.47. The minimum absolute atomic E-state index is 0.471. The SMILES string of the molecule is Cc1cc(CC(O)c2ccc(Cl)cc2Cl)n(C)n1. The Labute approximate surface area is 116 Å². The molecule has 1 aromatic carbocycles. The van der Waals surface area contributed by atoms with Crippen LogP contribution in [0.5, 0.6) is 0 Å². The quantitative estimate of drug-likeness (QED) is 0.939. The molecule has 0 aliphatic heterocycles. The molecular weight excluding hydrogens is 271 g/mol. The van der Waals surface area contributed by atoms with Crippen molar-refractivity contribution in [3.05, 3.63) is 51.3 Å². The Hall–Kier alpha value is -1.03. The molecule has 1 unspecified atom stereocenters. The summed E-state index contributed by atoms with van der Waals surface area (Å²) in [6.45, 7) is 1.92. The summed E-state index contributed by atoms with van der Waals surface area (Å²) >= 11 is 11.9. The minimum atomic E-state index is -0.662. The number of aliphatic hydroxyl groups is 1. The summed E-state index contributed by atoms with van der Waals surface area (Å²) < 4.78 is 1.77. The molecule has 5 heteroatoms.